The Hall–Kier alpha value is -0.0800. The Morgan fingerprint density at radius 3 is 2.79 bits per heavy atom. The van der Waals surface area contributed by atoms with E-state index in [1.54, 1.807) is 0 Å². The molecule has 3 atom stereocenters. The highest BCUT2D eigenvalue weighted by Gasteiger charge is 2.27. The topological polar surface area (TPSA) is 15.3 Å². The van der Waals surface area contributed by atoms with Crippen LogP contribution in [0.2, 0.25) is 0 Å². The Morgan fingerprint density at radius 2 is 2.07 bits per heavy atom. The first-order chi connectivity index (χ1) is 6.75. The van der Waals surface area contributed by atoms with E-state index in [1.807, 2.05) is 0 Å². The Kier molecular flexibility index (Phi) is 3.45. The molecule has 2 fully saturated rings. The van der Waals surface area contributed by atoms with Crippen molar-refractivity contribution in [1.82, 2.24) is 10.2 Å². The van der Waals surface area contributed by atoms with Gasteiger partial charge in [0.2, 0.25) is 0 Å². The third-order valence-corrected chi connectivity index (χ3v) is 3.80. The zero-order valence-corrected chi connectivity index (χ0v) is 9.63. The van der Waals surface area contributed by atoms with Crippen molar-refractivity contribution in [2.75, 3.05) is 19.6 Å². The second-order valence-electron chi connectivity index (χ2n) is 5.28. The third kappa shape index (κ3) is 2.48. The number of hydrogen-bond donors (Lipinski definition) is 1. The van der Waals surface area contributed by atoms with Gasteiger partial charge in [0.25, 0.3) is 0 Å². The monoisotopic (exact) mass is 196 g/mol. The molecule has 0 amide bonds. The first-order valence-electron chi connectivity index (χ1n) is 6.23. The summed E-state index contributed by atoms with van der Waals surface area (Å²) < 4.78 is 0. The van der Waals surface area contributed by atoms with Gasteiger partial charge in [0, 0.05) is 18.6 Å². The van der Waals surface area contributed by atoms with Crippen LogP contribution in [0.3, 0.4) is 0 Å². The minimum Gasteiger partial charge on any atom is -0.314 e. The van der Waals surface area contributed by atoms with Crippen molar-refractivity contribution in [2.45, 2.75) is 51.6 Å². The summed E-state index contributed by atoms with van der Waals surface area (Å²) in [5.74, 6) is 0.925. The minimum atomic E-state index is 0.728. The Morgan fingerprint density at radius 1 is 1.21 bits per heavy atom. The fourth-order valence-electron chi connectivity index (χ4n) is 2.99. The summed E-state index contributed by atoms with van der Waals surface area (Å²) >= 11 is 0. The summed E-state index contributed by atoms with van der Waals surface area (Å²) in [7, 11) is 0. The lowest BCUT2D eigenvalue weighted by Crippen LogP contribution is -2.49. The second kappa shape index (κ2) is 4.63. The van der Waals surface area contributed by atoms with Gasteiger partial charge in [-0.25, -0.2) is 0 Å². The summed E-state index contributed by atoms with van der Waals surface area (Å²) in [6.07, 6.45) is 5.57. The molecule has 0 radical (unpaired) electrons. The first kappa shape index (κ1) is 10.4. The maximum atomic E-state index is 3.54. The summed E-state index contributed by atoms with van der Waals surface area (Å²) in [5, 5.41) is 3.54. The van der Waals surface area contributed by atoms with Crippen molar-refractivity contribution in [3.8, 4) is 0 Å². The largest absolute Gasteiger partial charge is 0.314 e. The molecule has 2 heterocycles. The molecule has 2 nitrogen and oxygen atoms in total. The lowest BCUT2D eigenvalue weighted by Gasteiger charge is -2.41. The number of nitrogens with one attached hydrogen (secondary N) is 1. The fraction of sp³-hybridized carbons (Fsp3) is 1.00. The maximum absolute atomic E-state index is 3.54. The average molecular weight is 196 g/mol. The molecule has 14 heavy (non-hydrogen) atoms. The van der Waals surface area contributed by atoms with Crippen molar-refractivity contribution < 1.29 is 0 Å². The molecule has 0 saturated carbocycles. The van der Waals surface area contributed by atoms with E-state index < -0.39 is 0 Å². The molecule has 2 aliphatic heterocycles. The van der Waals surface area contributed by atoms with Crippen LogP contribution in [0, 0.1) is 5.92 Å². The quantitative estimate of drug-likeness (QED) is 0.688. The van der Waals surface area contributed by atoms with Crippen molar-refractivity contribution in [2.24, 2.45) is 5.92 Å². The van der Waals surface area contributed by atoms with Crippen molar-refractivity contribution in [3.63, 3.8) is 0 Å². The van der Waals surface area contributed by atoms with Gasteiger partial charge in [-0.1, -0.05) is 6.92 Å². The van der Waals surface area contributed by atoms with E-state index in [2.05, 4.69) is 24.1 Å². The molecule has 82 valence electrons. The number of likely N-dealkylation sites (tertiary alicyclic amines) is 1. The first-order valence-corrected chi connectivity index (χ1v) is 6.23. The van der Waals surface area contributed by atoms with Gasteiger partial charge in [-0.3, -0.25) is 0 Å². The van der Waals surface area contributed by atoms with E-state index in [0.29, 0.717) is 0 Å². The Labute approximate surface area is 88.1 Å². The predicted octanol–water partition coefficient (Wildman–Crippen LogP) is 1.86. The van der Waals surface area contributed by atoms with E-state index in [1.165, 1.54) is 45.3 Å². The van der Waals surface area contributed by atoms with Gasteiger partial charge in [-0.2, -0.15) is 0 Å². The number of piperidine rings is 2. The maximum Gasteiger partial charge on any atom is 0.0122 e. The highest BCUT2D eigenvalue weighted by molar-refractivity contribution is 4.84. The second-order valence-corrected chi connectivity index (χ2v) is 5.28. The molecule has 0 aromatic rings. The fourth-order valence-corrected chi connectivity index (χ4v) is 2.99. The van der Waals surface area contributed by atoms with Gasteiger partial charge in [0.15, 0.2) is 0 Å². The van der Waals surface area contributed by atoms with Crippen LogP contribution in [0.25, 0.3) is 0 Å². The van der Waals surface area contributed by atoms with Gasteiger partial charge >= 0.3 is 0 Å². The van der Waals surface area contributed by atoms with Crippen LogP contribution >= 0.6 is 0 Å². The molecular weight excluding hydrogens is 172 g/mol. The van der Waals surface area contributed by atoms with Crippen molar-refractivity contribution in [3.05, 3.63) is 0 Å². The van der Waals surface area contributed by atoms with Gasteiger partial charge in [-0.15, -0.1) is 0 Å². The summed E-state index contributed by atoms with van der Waals surface area (Å²) in [6, 6.07) is 1.60. The molecule has 0 aromatic heterocycles. The number of nitrogens with zero attached hydrogens (tertiary/aromatic N) is 1. The molecule has 2 aliphatic rings. The molecule has 0 aliphatic carbocycles. The summed E-state index contributed by atoms with van der Waals surface area (Å²) in [4.78, 5) is 2.74. The number of hydrogen-bond acceptors (Lipinski definition) is 2. The average Bonchev–Trinajstić information content (AvgIpc) is 2.18. The Balaban J connectivity index is 1.86. The molecule has 2 saturated heterocycles. The van der Waals surface area contributed by atoms with Gasteiger partial charge in [0.1, 0.15) is 0 Å². The highest BCUT2D eigenvalue weighted by Crippen LogP contribution is 2.22. The van der Waals surface area contributed by atoms with Gasteiger partial charge in [-0.05, 0) is 51.6 Å². The van der Waals surface area contributed by atoms with Crippen LogP contribution in [0.15, 0.2) is 0 Å². The predicted molar refractivity (Wildman–Crippen MR) is 60.5 cm³/mol. The standard InChI is InChI=1S/C12H24N2/c1-10-4-3-7-14(9-10)12-5-6-13-11(2)8-12/h10-13H,3-9H2,1-2H3/t10-,11-,12-/m1/s1. The van der Waals surface area contributed by atoms with E-state index in [9.17, 15) is 0 Å². The minimum absolute atomic E-state index is 0.728. The zero-order chi connectivity index (χ0) is 9.97. The number of rotatable bonds is 1. The zero-order valence-electron chi connectivity index (χ0n) is 9.63. The summed E-state index contributed by atoms with van der Waals surface area (Å²) in [6.45, 7) is 8.63. The molecule has 1 N–H and O–H groups in total. The highest BCUT2D eigenvalue weighted by atomic mass is 15.2. The van der Waals surface area contributed by atoms with Crippen LogP contribution in [0.5, 0.6) is 0 Å². The van der Waals surface area contributed by atoms with E-state index in [4.69, 9.17) is 0 Å². The molecule has 0 bridgehead atoms. The smallest absolute Gasteiger partial charge is 0.0122 e. The lowest BCUT2D eigenvalue weighted by molar-refractivity contribution is 0.0985. The molecule has 2 rings (SSSR count). The molecule has 0 spiro atoms. The van der Waals surface area contributed by atoms with Crippen LogP contribution in [-0.4, -0.2) is 36.6 Å². The van der Waals surface area contributed by atoms with Crippen LogP contribution in [0.4, 0.5) is 0 Å². The van der Waals surface area contributed by atoms with Crippen molar-refractivity contribution in [1.29, 1.82) is 0 Å². The summed E-state index contributed by atoms with van der Waals surface area (Å²) in [5.41, 5.74) is 0. The van der Waals surface area contributed by atoms with Gasteiger partial charge in [0.05, 0.1) is 0 Å². The van der Waals surface area contributed by atoms with Crippen molar-refractivity contribution >= 4 is 0 Å². The van der Waals surface area contributed by atoms with Crippen LogP contribution in [0.1, 0.15) is 39.5 Å². The molecule has 0 unspecified atom stereocenters. The normalized spacial score (nSPS) is 41.1. The van der Waals surface area contributed by atoms with E-state index in [-0.39, 0.29) is 0 Å². The molecule has 0 aromatic carbocycles. The molecular formula is C12H24N2. The van der Waals surface area contributed by atoms with Crippen LogP contribution in [-0.2, 0) is 0 Å². The van der Waals surface area contributed by atoms with Gasteiger partial charge < -0.3 is 10.2 Å². The lowest BCUT2D eigenvalue weighted by atomic mass is 9.93. The molecule has 2 heteroatoms. The SMILES string of the molecule is C[C@@H]1CCCN([C@@H]2CCN[C@H](C)C2)C1. The van der Waals surface area contributed by atoms with E-state index >= 15 is 0 Å². The Bertz CT molecular complexity index is 161. The van der Waals surface area contributed by atoms with E-state index in [0.717, 1.165) is 18.0 Å². The third-order valence-electron chi connectivity index (χ3n) is 3.80. The van der Waals surface area contributed by atoms with Crippen LogP contribution < -0.4 is 5.32 Å².